The van der Waals surface area contributed by atoms with Gasteiger partial charge in [0.05, 0.1) is 12.1 Å². The largest absolute Gasteiger partial charge is 0.492 e. The molecule has 0 fully saturated rings. The van der Waals surface area contributed by atoms with Crippen LogP contribution in [0.4, 0.5) is 0 Å². The third-order valence-electron chi connectivity index (χ3n) is 3.86. The van der Waals surface area contributed by atoms with Crippen LogP contribution in [0.3, 0.4) is 0 Å². The van der Waals surface area contributed by atoms with Gasteiger partial charge in [0.15, 0.2) is 11.5 Å². The van der Waals surface area contributed by atoms with E-state index in [2.05, 4.69) is 6.07 Å². The quantitative estimate of drug-likeness (QED) is 0.846. The van der Waals surface area contributed by atoms with E-state index in [-0.39, 0.29) is 12.7 Å². The van der Waals surface area contributed by atoms with Gasteiger partial charge in [0.25, 0.3) is 5.91 Å². The summed E-state index contributed by atoms with van der Waals surface area (Å²) in [6, 6.07) is 11.4. The molecule has 24 heavy (non-hydrogen) atoms. The van der Waals surface area contributed by atoms with Crippen molar-refractivity contribution in [3.63, 3.8) is 0 Å². The fourth-order valence-electron chi connectivity index (χ4n) is 2.72. The summed E-state index contributed by atoms with van der Waals surface area (Å²) in [5, 5.41) is 0. The minimum absolute atomic E-state index is 0.110. The second-order valence-electron chi connectivity index (χ2n) is 5.94. The first-order valence-corrected chi connectivity index (χ1v) is 7.90. The van der Waals surface area contributed by atoms with Gasteiger partial charge in [-0.15, -0.1) is 0 Å². The molecule has 2 aromatic carbocycles. The molecule has 3 rings (SSSR count). The Kier molecular flexibility index (Phi) is 4.60. The molecule has 0 spiro atoms. The van der Waals surface area contributed by atoms with Crippen molar-refractivity contribution in [2.75, 3.05) is 27.0 Å². The number of para-hydroxylation sites is 1. The number of aryl methyl sites for hydroxylation is 2. The molecule has 126 valence electrons. The first-order chi connectivity index (χ1) is 11.5. The van der Waals surface area contributed by atoms with Crippen LogP contribution in [-0.4, -0.2) is 37.8 Å². The number of ether oxygens (including phenoxy) is 3. The van der Waals surface area contributed by atoms with Gasteiger partial charge in [-0.3, -0.25) is 4.79 Å². The molecule has 1 amide bonds. The number of benzene rings is 2. The lowest BCUT2D eigenvalue weighted by atomic mass is 10.1. The number of amides is 1. The van der Waals surface area contributed by atoms with Crippen LogP contribution < -0.4 is 14.2 Å². The average Bonchev–Trinajstić information content (AvgIpc) is 3.01. The molecule has 0 saturated carbocycles. The molecule has 5 heteroatoms. The maximum absolute atomic E-state index is 12.6. The summed E-state index contributed by atoms with van der Waals surface area (Å²) >= 11 is 0. The van der Waals surface area contributed by atoms with Gasteiger partial charge in [-0.25, -0.2) is 0 Å². The zero-order valence-corrected chi connectivity index (χ0v) is 14.2. The van der Waals surface area contributed by atoms with Crippen molar-refractivity contribution in [3.05, 3.63) is 53.1 Å². The van der Waals surface area contributed by atoms with Gasteiger partial charge in [0.1, 0.15) is 12.4 Å². The average molecular weight is 327 g/mol. The zero-order valence-electron chi connectivity index (χ0n) is 14.2. The van der Waals surface area contributed by atoms with E-state index in [9.17, 15) is 4.79 Å². The monoisotopic (exact) mass is 327 g/mol. The SMILES string of the molecule is Cc1cc(C)cc(OCCN(C)C(=O)c2cccc3c2OCO3)c1. The van der Waals surface area contributed by atoms with Gasteiger partial charge in [-0.05, 0) is 49.2 Å². The van der Waals surface area contributed by atoms with E-state index in [1.165, 1.54) is 0 Å². The molecular formula is C19H21NO4. The van der Waals surface area contributed by atoms with Gasteiger partial charge in [0, 0.05) is 7.05 Å². The molecule has 0 radical (unpaired) electrons. The second-order valence-corrected chi connectivity index (χ2v) is 5.94. The number of carbonyl (C=O) groups excluding carboxylic acids is 1. The molecule has 1 heterocycles. The lowest BCUT2D eigenvalue weighted by molar-refractivity contribution is 0.0769. The first kappa shape index (κ1) is 16.2. The Balaban J connectivity index is 1.60. The second kappa shape index (κ2) is 6.83. The van der Waals surface area contributed by atoms with Crippen molar-refractivity contribution < 1.29 is 19.0 Å². The van der Waals surface area contributed by atoms with Crippen LogP contribution in [-0.2, 0) is 0 Å². The Morgan fingerprint density at radius 2 is 1.92 bits per heavy atom. The molecule has 5 nitrogen and oxygen atoms in total. The van der Waals surface area contributed by atoms with Crippen molar-refractivity contribution in [2.24, 2.45) is 0 Å². The van der Waals surface area contributed by atoms with Gasteiger partial charge < -0.3 is 19.1 Å². The van der Waals surface area contributed by atoms with Crippen LogP contribution >= 0.6 is 0 Å². The summed E-state index contributed by atoms with van der Waals surface area (Å²) in [6.07, 6.45) is 0. The van der Waals surface area contributed by atoms with E-state index in [1.807, 2.05) is 26.0 Å². The van der Waals surface area contributed by atoms with Crippen LogP contribution in [0.5, 0.6) is 17.2 Å². The molecule has 1 aliphatic rings. The predicted molar refractivity (Wildman–Crippen MR) is 90.9 cm³/mol. The number of carbonyl (C=O) groups is 1. The number of nitrogens with zero attached hydrogens (tertiary/aromatic N) is 1. The van der Waals surface area contributed by atoms with Crippen LogP contribution in [0.2, 0.25) is 0 Å². The molecule has 0 N–H and O–H groups in total. The van der Waals surface area contributed by atoms with E-state index in [4.69, 9.17) is 14.2 Å². The summed E-state index contributed by atoms with van der Waals surface area (Å²) in [6.45, 7) is 5.13. The predicted octanol–water partition coefficient (Wildman–Crippen LogP) is 3.18. The van der Waals surface area contributed by atoms with Crippen molar-refractivity contribution in [1.82, 2.24) is 4.90 Å². The Labute approximate surface area is 141 Å². The number of fused-ring (bicyclic) bond motifs is 1. The molecule has 2 aromatic rings. The summed E-state index contributed by atoms with van der Waals surface area (Å²) in [5.41, 5.74) is 2.83. The van der Waals surface area contributed by atoms with Gasteiger partial charge >= 0.3 is 0 Å². The fourth-order valence-corrected chi connectivity index (χ4v) is 2.72. The van der Waals surface area contributed by atoms with Crippen LogP contribution in [0.15, 0.2) is 36.4 Å². The van der Waals surface area contributed by atoms with E-state index < -0.39 is 0 Å². The van der Waals surface area contributed by atoms with Crippen molar-refractivity contribution >= 4 is 5.91 Å². The zero-order chi connectivity index (χ0) is 17.1. The molecule has 0 bridgehead atoms. The van der Waals surface area contributed by atoms with Crippen molar-refractivity contribution in [3.8, 4) is 17.2 Å². The number of rotatable bonds is 5. The first-order valence-electron chi connectivity index (χ1n) is 7.90. The summed E-state index contributed by atoms with van der Waals surface area (Å²) in [5.74, 6) is 1.84. The van der Waals surface area contributed by atoms with Crippen LogP contribution in [0.25, 0.3) is 0 Å². The molecule has 1 aliphatic heterocycles. The van der Waals surface area contributed by atoms with E-state index >= 15 is 0 Å². The van der Waals surface area contributed by atoms with Gasteiger partial charge in [-0.2, -0.15) is 0 Å². The van der Waals surface area contributed by atoms with Gasteiger partial charge in [0.2, 0.25) is 6.79 Å². The lowest BCUT2D eigenvalue weighted by Crippen LogP contribution is -2.31. The van der Waals surface area contributed by atoms with Crippen molar-refractivity contribution in [2.45, 2.75) is 13.8 Å². The van der Waals surface area contributed by atoms with Crippen LogP contribution in [0, 0.1) is 13.8 Å². The topological polar surface area (TPSA) is 48.0 Å². The molecule has 0 atom stereocenters. The summed E-state index contributed by atoms with van der Waals surface area (Å²) < 4.78 is 16.5. The van der Waals surface area contributed by atoms with E-state index in [1.54, 1.807) is 30.1 Å². The minimum atomic E-state index is -0.110. The number of likely N-dealkylation sites (N-methyl/N-ethyl adjacent to an activating group) is 1. The third-order valence-corrected chi connectivity index (χ3v) is 3.86. The highest BCUT2D eigenvalue weighted by Gasteiger charge is 2.23. The Morgan fingerprint density at radius 1 is 1.17 bits per heavy atom. The molecular weight excluding hydrogens is 306 g/mol. The summed E-state index contributed by atoms with van der Waals surface area (Å²) in [7, 11) is 1.75. The Morgan fingerprint density at radius 3 is 2.67 bits per heavy atom. The number of hydrogen-bond acceptors (Lipinski definition) is 4. The number of hydrogen-bond donors (Lipinski definition) is 0. The van der Waals surface area contributed by atoms with Gasteiger partial charge in [-0.1, -0.05) is 12.1 Å². The normalized spacial score (nSPS) is 12.1. The minimum Gasteiger partial charge on any atom is -0.492 e. The highest BCUT2D eigenvalue weighted by molar-refractivity contribution is 5.97. The van der Waals surface area contributed by atoms with Crippen LogP contribution in [0.1, 0.15) is 21.5 Å². The maximum atomic E-state index is 12.6. The van der Waals surface area contributed by atoms with E-state index in [0.29, 0.717) is 30.2 Å². The molecule has 0 aromatic heterocycles. The maximum Gasteiger partial charge on any atom is 0.257 e. The fraction of sp³-hybridized carbons (Fsp3) is 0.316. The Hall–Kier alpha value is -2.69. The standard InChI is InChI=1S/C19H21NO4/c1-13-9-14(2)11-15(10-13)22-8-7-20(3)19(21)16-5-4-6-17-18(16)24-12-23-17/h4-6,9-11H,7-8,12H2,1-3H3. The molecule has 0 saturated heterocycles. The highest BCUT2D eigenvalue weighted by atomic mass is 16.7. The molecule has 0 aliphatic carbocycles. The van der Waals surface area contributed by atoms with E-state index in [0.717, 1.165) is 16.9 Å². The third kappa shape index (κ3) is 3.45. The summed E-state index contributed by atoms with van der Waals surface area (Å²) in [4.78, 5) is 14.2. The highest BCUT2D eigenvalue weighted by Crippen LogP contribution is 2.35. The lowest BCUT2D eigenvalue weighted by Gasteiger charge is -2.18. The Bertz CT molecular complexity index is 737. The van der Waals surface area contributed by atoms with Crippen molar-refractivity contribution in [1.29, 1.82) is 0 Å². The smallest absolute Gasteiger partial charge is 0.257 e. The molecule has 0 unspecified atom stereocenters.